The molecule has 0 fully saturated rings. The lowest BCUT2D eigenvalue weighted by atomic mass is 10.4. The van der Waals surface area contributed by atoms with Crippen molar-refractivity contribution in [1.82, 2.24) is 10.0 Å². The minimum absolute atomic E-state index is 0.324. The summed E-state index contributed by atoms with van der Waals surface area (Å²) < 4.78 is 26.6. The summed E-state index contributed by atoms with van der Waals surface area (Å²) in [6.07, 6.45) is 2.97. The van der Waals surface area contributed by atoms with E-state index in [1.54, 1.807) is 18.2 Å². The summed E-state index contributed by atoms with van der Waals surface area (Å²) in [5.74, 6) is 0. The summed E-state index contributed by atoms with van der Waals surface area (Å²) in [5, 5.41) is 3.15. The maximum Gasteiger partial charge on any atom is 0.240 e. The minimum Gasteiger partial charge on any atom is -0.315 e. The Kier molecular flexibility index (Phi) is 6.70. The van der Waals surface area contributed by atoms with Crippen LogP contribution < -0.4 is 10.0 Å². The summed E-state index contributed by atoms with van der Waals surface area (Å²) >= 11 is 1.53. The molecule has 0 bridgehead atoms. The lowest BCUT2D eigenvalue weighted by Crippen LogP contribution is -2.32. The van der Waals surface area contributed by atoms with Crippen LogP contribution in [0.5, 0.6) is 0 Å². The number of thioether (sulfide) groups is 1. The molecule has 0 heterocycles. The molecule has 0 aliphatic heterocycles. The maximum atomic E-state index is 12.0. The fourth-order valence-corrected chi connectivity index (χ4v) is 3.04. The van der Waals surface area contributed by atoms with Crippen LogP contribution in [0, 0.1) is 0 Å². The molecular formula is C12H20N2O2S2. The second-order valence-corrected chi connectivity index (χ2v) is 6.47. The Balaban J connectivity index is 2.57. The molecular weight excluding hydrogens is 268 g/mol. The molecule has 0 amide bonds. The Hall–Kier alpha value is -0.560. The smallest absolute Gasteiger partial charge is 0.240 e. The highest BCUT2D eigenvalue weighted by atomic mass is 32.2. The molecule has 0 unspecified atom stereocenters. The van der Waals surface area contributed by atoms with Gasteiger partial charge in [-0.3, -0.25) is 0 Å². The Labute approximate surface area is 114 Å². The molecule has 0 spiro atoms. The lowest BCUT2D eigenvalue weighted by Gasteiger charge is -2.08. The van der Waals surface area contributed by atoms with Gasteiger partial charge in [0.05, 0.1) is 4.90 Å². The van der Waals surface area contributed by atoms with Gasteiger partial charge in [-0.15, -0.1) is 11.8 Å². The summed E-state index contributed by atoms with van der Waals surface area (Å²) in [6.45, 7) is 4.04. The summed E-state index contributed by atoms with van der Waals surface area (Å²) in [4.78, 5) is 1.27. The molecule has 0 saturated carbocycles. The van der Waals surface area contributed by atoms with E-state index in [0.717, 1.165) is 17.9 Å². The molecule has 0 radical (unpaired) electrons. The van der Waals surface area contributed by atoms with Gasteiger partial charge >= 0.3 is 0 Å². The summed E-state index contributed by atoms with van der Waals surface area (Å²) in [5.41, 5.74) is 0. The van der Waals surface area contributed by atoms with Crippen molar-refractivity contribution in [2.75, 3.05) is 25.9 Å². The number of sulfonamides is 1. The Morgan fingerprint density at radius 2 is 2.00 bits per heavy atom. The second kappa shape index (κ2) is 7.78. The predicted molar refractivity (Wildman–Crippen MR) is 76.6 cm³/mol. The van der Waals surface area contributed by atoms with E-state index in [9.17, 15) is 8.42 Å². The van der Waals surface area contributed by atoms with Gasteiger partial charge in [-0.25, -0.2) is 13.1 Å². The maximum absolute atomic E-state index is 12.0. The van der Waals surface area contributed by atoms with Crippen molar-refractivity contribution in [2.24, 2.45) is 0 Å². The van der Waals surface area contributed by atoms with E-state index >= 15 is 0 Å². The largest absolute Gasteiger partial charge is 0.315 e. The van der Waals surface area contributed by atoms with Gasteiger partial charge in [-0.1, -0.05) is 13.0 Å². The number of rotatable bonds is 8. The minimum atomic E-state index is -3.38. The van der Waals surface area contributed by atoms with Crippen molar-refractivity contribution >= 4 is 21.8 Å². The fourth-order valence-electron chi connectivity index (χ4n) is 1.43. The van der Waals surface area contributed by atoms with E-state index in [4.69, 9.17) is 0 Å². The average molecular weight is 288 g/mol. The van der Waals surface area contributed by atoms with E-state index in [1.807, 2.05) is 12.3 Å². The highest BCUT2D eigenvalue weighted by Crippen LogP contribution is 2.18. The van der Waals surface area contributed by atoms with Crippen molar-refractivity contribution in [1.29, 1.82) is 0 Å². The van der Waals surface area contributed by atoms with Crippen LogP contribution in [0.25, 0.3) is 0 Å². The fraction of sp³-hybridized carbons (Fsp3) is 0.500. The molecule has 0 atom stereocenters. The molecule has 0 aliphatic rings. The van der Waals surface area contributed by atoms with Gasteiger partial charge in [0.15, 0.2) is 0 Å². The van der Waals surface area contributed by atoms with Crippen LogP contribution >= 0.6 is 11.8 Å². The SMILES string of the molecule is CCCNCCNS(=O)(=O)c1cccc(SC)c1. The van der Waals surface area contributed by atoms with Crippen molar-refractivity contribution in [2.45, 2.75) is 23.1 Å². The predicted octanol–water partition coefficient (Wildman–Crippen LogP) is 1.69. The molecule has 0 aliphatic carbocycles. The first-order chi connectivity index (χ1) is 8.60. The van der Waals surface area contributed by atoms with E-state index in [1.165, 1.54) is 11.8 Å². The zero-order valence-corrected chi connectivity index (χ0v) is 12.4. The van der Waals surface area contributed by atoms with Crippen LogP contribution in [-0.4, -0.2) is 34.3 Å². The molecule has 1 aromatic rings. The van der Waals surface area contributed by atoms with Gasteiger partial charge in [0, 0.05) is 18.0 Å². The van der Waals surface area contributed by atoms with E-state index in [2.05, 4.69) is 17.0 Å². The first kappa shape index (κ1) is 15.5. The van der Waals surface area contributed by atoms with Crippen LogP contribution in [0.1, 0.15) is 13.3 Å². The molecule has 1 rings (SSSR count). The van der Waals surface area contributed by atoms with Crippen molar-refractivity contribution in [3.05, 3.63) is 24.3 Å². The molecule has 6 heteroatoms. The summed E-state index contributed by atoms with van der Waals surface area (Å²) in [6, 6.07) is 6.95. The van der Waals surface area contributed by atoms with Gasteiger partial charge in [0.2, 0.25) is 10.0 Å². The van der Waals surface area contributed by atoms with Gasteiger partial charge < -0.3 is 5.32 Å². The molecule has 0 saturated heterocycles. The van der Waals surface area contributed by atoms with Gasteiger partial charge in [-0.2, -0.15) is 0 Å². The molecule has 1 aromatic carbocycles. The second-order valence-electron chi connectivity index (χ2n) is 3.83. The highest BCUT2D eigenvalue weighted by molar-refractivity contribution is 7.98. The third-order valence-corrected chi connectivity index (χ3v) is 4.56. The van der Waals surface area contributed by atoms with Crippen LogP contribution in [0.4, 0.5) is 0 Å². The van der Waals surface area contributed by atoms with E-state index in [0.29, 0.717) is 18.0 Å². The standard InChI is InChI=1S/C12H20N2O2S2/c1-3-7-13-8-9-14-18(15,16)12-6-4-5-11(10-12)17-2/h4-6,10,13-14H,3,7-9H2,1-2H3. The number of hydrogen-bond acceptors (Lipinski definition) is 4. The van der Waals surface area contributed by atoms with E-state index < -0.39 is 10.0 Å². The molecule has 2 N–H and O–H groups in total. The monoisotopic (exact) mass is 288 g/mol. The number of benzene rings is 1. The van der Waals surface area contributed by atoms with Crippen molar-refractivity contribution in [3.8, 4) is 0 Å². The Bertz CT molecular complexity index is 461. The Morgan fingerprint density at radius 3 is 2.67 bits per heavy atom. The normalized spacial score (nSPS) is 11.7. The molecule has 4 nitrogen and oxygen atoms in total. The van der Waals surface area contributed by atoms with Crippen LogP contribution in [0.3, 0.4) is 0 Å². The number of hydrogen-bond donors (Lipinski definition) is 2. The van der Waals surface area contributed by atoms with Crippen LogP contribution in [-0.2, 0) is 10.0 Å². The third kappa shape index (κ3) is 4.97. The summed E-state index contributed by atoms with van der Waals surface area (Å²) in [7, 11) is -3.38. The average Bonchev–Trinajstić information content (AvgIpc) is 2.38. The molecule has 102 valence electrons. The lowest BCUT2D eigenvalue weighted by molar-refractivity contribution is 0.575. The highest BCUT2D eigenvalue weighted by Gasteiger charge is 2.13. The first-order valence-electron chi connectivity index (χ1n) is 5.94. The number of nitrogens with one attached hydrogen (secondary N) is 2. The topological polar surface area (TPSA) is 58.2 Å². The zero-order chi connectivity index (χ0) is 13.4. The van der Waals surface area contributed by atoms with Gasteiger partial charge in [0.1, 0.15) is 0 Å². The van der Waals surface area contributed by atoms with Gasteiger partial charge in [-0.05, 0) is 37.4 Å². The van der Waals surface area contributed by atoms with Crippen LogP contribution in [0.2, 0.25) is 0 Å². The molecule has 0 aromatic heterocycles. The zero-order valence-electron chi connectivity index (χ0n) is 10.8. The van der Waals surface area contributed by atoms with Crippen molar-refractivity contribution in [3.63, 3.8) is 0 Å². The van der Waals surface area contributed by atoms with Gasteiger partial charge in [0.25, 0.3) is 0 Å². The van der Waals surface area contributed by atoms with E-state index in [-0.39, 0.29) is 0 Å². The third-order valence-electron chi connectivity index (χ3n) is 2.37. The molecule has 18 heavy (non-hydrogen) atoms. The van der Waals surface area contributed by atoms with Crippen LogP contribution in [0.15, 0.2) is 34.1 Å². The first-order valence-corrected chi connectivity index (χ1v) is 8.65. The quantitative estimate of drug-likeness (QED) is 0.564. The Morgan fingerprint density at radius 1 is 1.22 bits per heavy atom. The van der Waals surface area contributed by atoms with Crippen molar-refractivity contribution < 1.29 is 8.42 Å².